The summed E-state index contributed by atoms with van der Waals surface area (Å²) in [6.07, 6.45) is 2.61. The lowest BCUT2D eigenvalue weighted by molar-refractivity contribution is -0.0596. The number of aromatic nitrogens is 1. The van der Waals surface area contributed by atoms with E-state index < -0.39 is 0 Å². The van der Waals surface area contributed by atoms with Crippen LogP contribution in [0.25, 0.3) is 0 Å². The Balaban J connectivity index is 1.95. The molecule has 1 N–H and O–H groups in total. The van der Waals surface area contributed by atoms with Crippen LogP contribution in [0.3, 0.4) is 0 Å². The van der Waals surface area contributed by atoms with Crippen molar-refractivity contribution in [3.05, 3.63) is 29.6 Å². The highest BCUT2D eigenvalue weighted by Gasteiger charge is 2.25. The van der Waals surface area contributed by atoms with Crippen LogP contribution < -0.4 is 5.32 Å². The van der Waals surface area contributed by atoms with E-state index in [0.717, 1.165) is 51.3 Å². The predicted molar refractivity (Wildman–Crippen MR) is 86.1 cm³/mol. The first-order chi connectivity index (χ1) is 10.2. The summed E-state index contributed by atoms with van der Waals surface area (Å²) in [5.74, 6) is 0. The van der Waals surface area contributed by atoms with Gasteiger partial charge in [-0.05, 0) is 38.4 Å². The minimum absolute atomic E-state index is 0.321. The molecule has 0 aromatic carbocycles. The number of hydrogen-bond acceptors (Lipinski definition) is 4. The van der Waals surface area contributed by atoms with Crippen molar-refractivity contribution in [2.45, 2.75) is 58.8 Å². The van der Waals surface area contributed by atoms with Gasteiger partial charge in [-0.1, -0.05) is 19.9 Å². The van der Waals surface area contributed by atoms with Crippen LogP contribution >= 0.6 is 0 Å². The van der Waals surface area contributed by atoms with Crippen LogP contribution in [-0.2, 0) is 17.8 Å². The van der Waals surface area contributed by atoms with Gasteiger partial charge in [0.25, 0.3) is 0 Å². The lowest BCUT2D eigenvalue weighted by atomic mass is 10.1. The summed E-state index contributed by atoms with van der Waals surface area (Å²) in [5, 5.41) is 3.41. The molecule has 1 aliphatic heterocycles. The smallest absolute Gasteiger partial charge is 0.0674 e. The molecule has 2 unspecified atom stereocenters. The quantitative estimate of drug-likeness (QED) is 0.784. The van der Waals surface area contributed by atoms with Gasteiger partial charge < -0.3 is 10.1 Å². The molecule has 2 rings (SSSR count). The molecule has 0 saturated carbocycles. The molecule has 4 nitrogen and oxygen atoms in total. The Morgan fingerprint density at radius 1 is 1.33 bits per heavy atom. The van der Waals surface area contributed by atoms with Gasteiger partial charge in [0.15, 0.2) is 0 Å². The van der Waals surface area contributed by atoms with E-state index in [1.54, 1.807) is 0 Å². The van der Waals surface area contributed by atoms with Crippen molar-refractivity contribution >= 4 is 0 Å². The number of hydrogen-bond donors (Lipinski definition) is 1. The lowest BCUT2D eigenvalue weighted by Crippen LogP contribution is -2.48. The first-order valence-electron chi connectivity index (χ1n) is 8.24. The van der Waals surface area contributed by atoms with Crippen LogP contribution in [-0.4, -0.2) is 41.7 Å². The average molecular weight is 291 g/mol. The monoisotopic (exact) mass is 291 g/mol. The molecule has 0 spiro atoms. The van der Waals surface area contributed by atoms with E-state index in [2.05, 4.69) is 49.2 Å². The van der Waals surface area contributed by atoms with Crippen LogP contribution in [0, 0.1) is 0 Å². The van der Waals surface area contributed by atoms with Crippen LogP contribution in [0.1, 0.15) is 45.0 Å². The maximum atomic E-state index is 5.77. The Morgan fingerprint density at radius 3 is 2.90 bits per heavy atom. The fourth-order valence-corrected chi connectivity index (χ4v) is 2.80. The standard InChI is InChI=1S/C17H29N3O/c1-4-9-18-10-15-7-6-8-16(19-15)12-20-11-14(3)21-13-17(20)5-2/h6-8,14,17-18H,4-5,9-13H2,1-3H3. The van der Waals surface area contributed by atoms with E-state index in [-0.39, 0.29) is 0 Å². The summed E-state index contributed by atoms with van der Waals surface area (Å²) in [7, 11) is 0. The second-order valence-electron chi connectivity index (χ2n) is 5.93. The first-order valence-corrected chi connectivity index (χ1v) is 8.24. The van der Waals surface area contributed by atoms with Crippen LogP contribution in [0.15, 0.2) is 18.2 Å². The normalized spacial score (nSPS) is 23.4. The Bertz CT molecular complexity index is 424. The Hall–Kier alpha value is -0.970. The van der Waals surface area contributed by atoms with Crippen LogP contribution in [0.4, 0.5) is 0 Å². The van der Waals surface area contributed by atoms with Gasteiger partial charge in [-0.3, -0.25) is 9.88 Å². The van der Waals surface area contributed by atoms with E-state index in [4.69, 9.17) is 9.72 Å². The molecule has 0 bridgehead atoms. The van der Waals surface area contributed by atoms with E-state index >= 15 is 0 Å². The van der Waals surface area contributed by atoms with E-state index in [1.165, 1.54) is 5.69 Å². The van der Waals surface area contributed by atoms with Crippen molar-refractivity contribution in [2.75, 3.05) is 19.7 Å². The molecule has 21 heavy (non-hydrogen) atoms. The number of pyridine rings is 1. The van der Waals surface area contributed by atoms with Crippen molar-refractivity contribution in [3.63, 3.8) is 0 Å². The fraction of sp³-hybridized carbons (Fsp3) is 0.706. The highest BCUT2D eigenvalue weighted by atomic mass is 16.5. The minimum atomic E-state index is 0.321. The van der Waals surface area contributed by atoms with E-state index in [9.17, 15) is 0 Å². The van der Waals surface area contributed by atoms with Crippen LogP contribution in [0.5, 0.6) is 0 Å². The maximum Gasteiger partial charge on any atom is 0.0674 e. The number of nitrogens with zero attached hydrogens (tertiary/aromatic N) is 2. The SMILES string of the molecule is CCCNCc1cccc(CN2CC(C)OCC2CC)n1. The van der Waals surface area contributed by atoms with Crippen molar-refractivity contribution in [1.82, 2.24) is 15.2 Å². The van der Waals surface area contributed by atoms with Gasteiger partial charge in [0, 0.05) is 25.7 Å². The zero-order chi connectivity index (χ0) is 15.1. The zero-order valence-corrected chi connectivity index (χ0v) is 13.6. The molecule has 1 fully saturated rings. The predicted octanol–water partition coefficient (Wildman–Crippen LogP) is 2.58. The summed E-state index contributed by atoms with van der Waals surface area (Å²) in [5.41, 5.74) is 2.30. The topological polar surface area (TPSA) is 37.4 Å². The molecule has 2 atom stereocenters. The molecular formula is C17H29N3O. The molecule has 1 saturated heterocycles. The average Bonchev–Trinajstić information content (AvgIpc) is 2.48. The summed E-state index contributed by atoms with van der Waals surface area (Å²) in [4.78, 5) is 7.30. The second kappa shape index (κ2) is 8.47. The molecule has 2 heterocycles. The highest BCUT2D eigenvalue weighted by molar-refractivity contribution is 5.11. The Kier molecular flexibility index (Phi) is 6.61. The summed E-state index contributed by atoms with van der Waals surface area (Å²) >= 11 is 0. The van der Waals surface area contributed by atoms with E-state index in [0.29, 0.717) is 12.1 Å². The summed E-state index contributed by atoms with van der Waals surface area (Å²) < 4.78 is 5.77. The lowest BCUT2D eigenvalue weighted by Gasteiger charge is -2.38. The van der Waals surface area contributed by atoms with Gasteiger partial charge >= 0.3 is 0 Å². The minimum Gasteiger partial charge on any atom is -0.376 e. The molecule has 1 aromatic rings. The molecule has 0 aliphatic carbocycles. The molecule has 118 valence electrons. The Labute approximate surface area is 128 Å². The summed E-state index contributed by atoms with van der Waals surface area (Å²) in [6, 6.07) is 6.88. The first kappa shape index (κ1) is 16.4. The van der Waals surface area contributed by atoms with Gasteiger partial charge in [0.05, 0.1) is 24.1 Å². The number of morpholine rings is 1. The van der Waals surface area contributed by atoms with Crippen LogP contribution in [0.2, 0.25) is 0 Å². The molecule has 1 aliphatic rings. The van der Waals surface area contributed by atoms with Crippen molar-refractivity contribution in [2.24, 2.45) is 0 Å². The molecular weight excluding hydrogens is 262 g/mol. The van der Waals surface area contributed by atoms with E-state index in [1.807, 2.05) is 0 Å². The maximum absolute atomic E-state index is 5.77. The van der Waals surface area contributed by atoms with Crippen molar-refractivity contribution in [1.29, 1.82) is 0 Å². The van der Waals surface area contributed by atoms with Gasteiger partial charge in [-0.25, -0.2) is 0 Å². The Morgan fingerprint density at radius 2 is 2.14 bits per heavy atom. The number of ether oxygens (including phenoxy) is 1. The number of rotatable bonds is 7. The zero-order valence-electron chi connectivity index (χ0n) is 13.6. The molecule has 1 aromatic heterocycles. The van der Waals surface area contributed by atoms with Gasteiger partial charge in [0.2, 0.25) is 0 Å². The third-order valence-electron chi connectivity index (χ3n) is 4.01. The van der Waals surface area contributed by atoms with Gasteiger partial charge in [-0.15, -0.1) is 0 Å². The largest absolute Gasteiger partial charge is 0.376 e. The summed E-state index contributed by atoms with van der Waals surface area (Å²) in [6.45, 7) is 11.2. The second-order valence-corrected chi connectivity index (χ2v) is 5.93. The number of nitrogens with one attached hydrogen (secondary N) is 1. The molecule has 0 radical (unpaired) electrons. The van der Waals surface area contributed by atoms with Gasteiger partial charge in [-0.2, -0.15) is 0 Å². The fourth-order valence-electron chi connectivity index (χ4n) is 2.80. The molecule has 4 heteroatoms. The molecule has 0 amide bonds. The third kappa shape index (κ3) is 5.06. The highest BCUT2D eigenvalue weighted by Crippen LogP contribution is 2.17. The van der Waals surface area contributed by atoms with Gasteiger partial charge in [0.1, 0.15) is 0 Å². The van der Waals surface area contributed by atoms with Crippen molar-refractivity contribution < 1.29 is 4.74 Å². The van der Waals surface area contributed by atoms with Crippen molar-refractivity contribution in [3.8, 4) is 0 Å². The third-order valence-corrected chi connectivity index (χ3v) is 4.01.